The van der Waals surface area contributed by atoms with Gasteiger partial charge in [-0.3, -0.25) is 4.68 Å². The van der Waals surface area contributed by atoms with Gasteiger partial charge < -0.3 is 5.32 Å². The Morgan fingerprint density at radius 3 is 2.33 bits per heavy atom. The van der Waals surface area contributed by atoms with E-state index in [2.05, 4.69) is 10.4 Å². The van der Waals surface area contributed by atoms with E-state index in [-0.39, 0.29) is 0 Å². The van der Waals surface area contributed by atoms with Gasteiger partial charge in [-0.05, 0) is 17.7 Å². The number of benzene rings is 1. The third-order valence-corrected chi connectivity index (χ3v) is 2.47. The predicted octanol–water partition coefficient (Wildman–Crippen LogP) is 3.05. The largest absolute Gasteiger partial charge is 0.416 e. The van der Waals surface area contributed by atoms with E-state index in [0.717, 1.165) is 17.7 Å². The van der Waals surface area contributed by atoms with Crippen molar-refractivity contribution in [2.75, 3.05) is 5.32 Å². The molecule has 18 heavy (non-hydrogen) atoms. The molecule has 1 aromatic heterocycles. The Morgan fingerprint density at radius 1 is 1.17 bits per heavy atom. The Kier molecular flexibility index (Phi) is 3.27. The number of aromatic nitrogens is 2. The molecule has 0 unspecified atom stereocenters. The van der Waals surface area contributed by atoms with Gasteiger partial charge in [-0.2, -0.15) is 18.3 Å². The van der Waals surface area contributed by atoms with E-state index in [1.807, 2.05) is 0 Å². The van der Waals surface area contributed by atoms with Gasteiger partial charge in [0.25, 0.3) is 0 Å². The molecule has 1 heterocycles. The Balaban J connectivity index is 1.98. The van der Waals surface area contributed by atoms with Gasteiger partial charge in [0.15, 0.2) is 0 Å². The number of nitrogens with one attached hydrogen (secondary N) is 1. The van der Waals surface area contributed by atoms with Crippen molar-refractivity contribution < 1.29 is 13.2 Å². The lowest BCUT2D eigenvalue weighted by Crippen LogP contribution is -2.05. The molecule has 0 radical (unpaired) electrons. The fourth-order valence-corrected chi connectivity index (χ4v) is 1.51. The van der Waals surface area contributed by atoms with Crippen LogP contribution >= 0.6 is 0 Å². The van der Waals surface area contributed by atoms with Gasteiger partial charge in [0.2, 0.25) is 0 Å². The molecule has 3 nitrogen and oxygen atoms in total. The Morgan fingerprint density at radius 2 is 1.83 bits per heavy atom. The van der Waals surface area contributed by atoms with Crippen LogP contribution in [0.3, 0.4) is 0 Å². The monoisotopic (exact) mass is 255 g/mol. The molecule has 0 aliphatic rings. The van der Waals surface area contributed by atoms with Crippen LogP contribution in [0.25, 0.3) is 0 Å². The molecule has 0 amide bonds. The predicted molar refractivity (Wildman–Crippen MR) is 62.0 cm³/mol. The maximum atomic E-state index is 12.3. The summed E-state index contributed by atoms with van der Waals surface area (Å²) in [5.74, 6) is 0.692. The number of anilines is 1. The molecular formula is C12H12F3N3. The van der Waals surface area contributed by atoms with E-state index in [1.165, 1.54) is 12.1 Å². The fourth-order valence-electron chi connectivity index (χ4n) is 1.51. The van der Waals surface area contributed by atoms with Crippen LogP contribution in [0.2, 0.25) is 0 Å². The molecule has 6 heteroatoms. The molecule has 0 bridgehead atoms. The highest BCUT2D eigenvalue weighted by molar-refractivity contribution is 5.34. The zero-order chi connectivity index (χ0) is 13.2. The van der Waals surface area contributed by atoms with Crippen LogP contribution in [0, 0.1) is 0 Å². The van der Waals surface area contributed by atoms with Gasteiger partial charge in [0.05, 0.1) is 5.56 Å². The topological polar surface area (TPSA) is 29.9 Å². The lowest BCUT2D eigenvalue weighted by molar-refractivity contribution is -0.137. The lowest BCUT2D eigenvalue weighted by atomic mass is 10.1. The summed E-state index contributed by atoms with van der Waals surface area (Å²) >= 11 is 0. The minimum Gasteiger partial charge on any atom is -0.365 e. The van der Waals surface area contributed by atoms with E-state index >= 15 is 0 Å². The number of hydrogen-bond donors (Lipinski definition) is 1. The minimum absolute atomic E-state index is 0.440. The average molecular weight is 255 g/mol. The summed E-state index contributed by atoms with van der Waals surface area (Å²) in [6.45, 7) is 0.440. The van der Waals surface area contributed by atoms with E-state index < -0.39 is 11.7 Å². The van der Waals surface area contributed by atoms with Gasteiger partial charge in [0.1, 0.15) is 5.82 Å². The molecule has 0 aliphatic carbocycles. The fraction of sp³-hybridized carbons (Fsp3) is 0.250. The van der Waals surface area contributed by atoms with E-state index in [4.69, 9.17) is 0 Å². The van der Waals surface area contributed by atoms with E-state index in [9.17, 15) is 13.2 Å². The normalized spacial score (nSPS) is 11.6. The van der Waals surface area contributed by atoms with Gasteiger partial charge in [-0.1, -0.05) is 12.1 Å². The summed E-state index contributed by atoms with van der Waals surface area (Å²) in [5, 5.41) is 7.13. The third-order valence-electron chi connectivity index (χ3n) is 2.47. The van der Waals surface area contributed by atoms with Gasteiger partial charge >= 0.3 is 6.18 Å². The highest BCUT2D eigenvalue weighted by Gasteiger charge is 2.29. The third kappa shape index (κ3) is 3.03. The second kappa shape index (κ2) is 4.72. The Hall–Kier alpha value is -1.98. The quantitative estimate of drug-likeness (QED) is 0.913. The Bertz CT molecular complexity index is 514. The second-order valence-corrected chi connectivity index (χ2v) is 3.92. The van der Waals surface area contributed by atoms with Crippen molar-refractivity contribution in [3.63, 3.8) is 0 Å². The molecule has 1 N–H and O–H groups in total. The number of halogens is 3. The zero-order valence-corrected chi connectivity index (χ0v) is 9.70. The SMILES string of the molecule is Cn1ccc(NCc2ccc(C(F)(F)F)cc2)n1. The highest BCUT2D eigenvalue weighted by Crippen LogP contribution is 2.29. The smallest absolute Gasteiger partial charge is 0.365 e. The van der Waals surface area contributed by atoms with E-state index in [0.29, 0.717) is 12.4 Å². The second-order valence-electron chi connectivity index (χ2n) is 3.92. The first-order valence-corrected chi connectivity index (χ1v) is 5.35. The van der Waals surface area contributed by atoms with Gasteiger partial charge in [-0.25, -0.2) is 0 Å². The summed E-state index contributed by atoms with van der Waals surface area (Å²) in [5.41, 5.74) is 0.137. The molecule has 1 aromatic carbocycles. The van der Waals surface area contributed by atoms with Crippen LogP contribution in [0.5, 0.6) is 0 Å². The molecule has 0 saturated heterocycles. The molecule has 2 rings (SSSR count). The number of nitrogens with zero attached hydrogens (tertiary/aromatic N) is 2. The molecule has 0 aliphatic heterocycles. The summed E-state index contributed by atoms with van der Waals surface area (Å²) in [6.07, 6.45) is -2.50. The number of hydrogen-bond acceptors (Lipinski definition) is 2. The van der Waals surface area contributed by atoms with Crippen molar-refractivity contribution in [1.29, 1.82) is 0 Å². The number of alkyl halides is 3. The summed E-state index contributed by atoms with van der Waals surface area (Å²) < 4.78 is 38.7. The number of rotatable bonds is 3. The first-order chi connectivity index (χ1) is 8.45. The maximum absolute atomic E-state index is 12.3. The van der Waals surface area contributed by atoms with Crippen molar-refractivity contribution in [3.05, 3.63) is 47.7 Å². The van der Waals surface area contributed by atoms with Crippen LogP contribution in [-0.2, 0) is 19.8 Å². The molecule has 96 valence electrons. The first kappa shape index (κ1) is 12.5. The lowest BCUT2D eigenvalue weighted by Gasteiger charge is -2.08. The van der Waals surface area contributed by atoms with Crippen LogP contribution in [0.15, 0.2) is 36.5 Å². The minimum atomic E-state index is -4.28. The van der Waals surface area contributed by atoms with E-state index in [1.54, 1.807) is 24.0 Å². The van der Waals surface area contributed by atoms with Crippen molar-refractivity contribution >= 4 is 5.82 Å². The van der Waals surface area contributed by atoms with Crippen molar-refractivity contribution in [1.82, 2.24) is 9.78 Å². The molecular weight excluding hydrogens is 243 g/mol. The zero-order valence-electron chi connectivity index (χ0n) is 9.70. The van der Waals surface area contributed by atoms with Crippen molar-refractivity contribution in [2.45, 2.75) is 12.7 Å². The maximum Gasteiger partial charge on any atom is 0.416 e. The van der Waals surface area contributed by atoms with Crippen LogP contribution < -0.4 is 5.32 Å². The van der Waals surface area contributed by atoms with Gasteiger partial charge in [0, 0.05) is 25.9 Å². The van der Waals surface area contributed by atoms with Crippen LogP contribution in [0.4, 0.5) is 19.0 Å². The summed E-state index contributed by atoms with van der Waals surface area (Å²) in [6, 6.07) is 6.87. The Labute approximate surface area is 102 Å². The highest BCUT2D eigenvalue weighted by atomic mass is 19.4. The molecule has 0 spiro atoms. The van der Waals surface area contributed by atoms with Crippen molar-refractivity contribution in [3.8, 4) is 0 Å². The molecule has 0 atom stereocenters. The van der Waals surface area contributed by atoms with Crippen molar-refractivity contribution in [2.24, 2.45) is 7.05 Å². The van der Waals surface area contributed by atoms with Crippen LogP contribution in [0.1, 0.15) is 11.1 Å². The molecule has 2 aromatic rings. The number of aryl methyl sites for hydroxylation is 1. The summed E-state index contributed by atoms with van der Waals surface area (Å²) in [4.78, 5) is 0. The molecule has 0 fully saturated rings. The van der Waals surface area contributed by atoms with Crippen LogP contribution in [-0.4, -0.2) is 9.78 Å². The average Bonchev–Trinajstić information content (AvgIpc) is 2.72. The standard InChI is InChI=1S/C12H12F3N3/c1-18-7-6-11(17-18)16-8-9-2-4-10(5-3-9)12(13,14)15/h2-7H,8H2,1H3,(H,16,17). The molecule has 0 saturated carbocycles. The summed E-state index contributed by atoms with van der Waals surface area (Å²) in [7, 11) is 1.79. The first-order valence-electron chi connectivity index (χ1n) is 5.35. The van der Waals surface area contributed by atoms with Gasteiger partial charge in [-0.15, -0.1) is 0 Å².